The summed E-state index contributed by atoms with van der Waals surface area (Å²) in [6.45, 7) is 2.86. The molecule has 0 bridgehead atoms. The van der Waals surface area contributed by atoms with Crippen molar-refractivity contribution in [3.05, 3.63) is 5.89 Å². The Morgan fingerprint density at radius 3 is 2.79 bits per heavy atom. The van der Waals surface area contributed by atoms with Gasteiger partial charge in [0.15, 0.2) is 0 Å². The van der Waals surface area contributed by atoms with Gasteiger partial charge < -0.3 is 9.73 Å². The third-order valence-corrected chi connectivity index (χ3v) is 2.42. The second-order valence-corrected chi connectivity index (χ2v) is 3.60. The molecule has 1 aromatic heterocycles. The molecule has 1 heterocycles. The summed E-state index contributed by atoms with van der Waals surface area (Å²) < 4.78 is 28.7. The number of nitrogens with one attached hydrogen (secondary N) is 1. The third kappa shape index (κ3) is 2.00. The number of nitrogens with zero attached hydrogens (tertiary/aromatic N) is 2. The van der Waals surface area contributed by atoms with Crippen LogP contribution in [0.15, 0.2) is 4.42 Å². The lowest BCUT2D eigenvalue weighted by Crippen LogP contribution is -2.04. The Morgan fingerprint density at radius 1 is 1.57 bits per heavy atom. The van der Waals surface area contributed by atoms with Crippen molar-refractivity contribution in [2.45, 2.75) is 19.8 Å². The summed E-state index contributed by atoms with van der Waals surface area (Å²) in [6, 6.07) is 0.0828. The molecule has 2 rings (SSSR count). The van der Waals surface area contributed by atoms with Crippen molar-refractivity contribution in [3.63, 3.8) is 0 Å². The zero-order valence-corrected chi connectivity index (χ0v) is 7.70. The van der Waals surface area contributed by atoms with Gasteiger partial charge in [-0.3, -0.25) is 0 Å². The molecule has 1 aliphatic rings. The third-order valence-electron chi connectivity index (χ3n) is 2.42. The van der Waals surface area contributed by atoms with Crippen LogP contribution >= 0.6 is 0 Å². The number of hydrogen-bond donors (Lipinski definition) is 1. The van der Waals surface area contributed by atoms with Crippen molar-refractivity contribution in [1.82, 2.24) is 10.2 Å². The first-order valence-corrected chi connectivity index (χ1v) is 4.52. The van der Waals surface area contributed by atoms with Crippen LogP contribution in [0, 0.1) is 11.8 Å². The van der Waals surface area contributed by atoms with E-state index in [2.05, 4.69) is 26.9 Å². The molecule has 0 aliphatic heterocycles. The number of hydrogen-bond acceptors (Lipinski definition) is 4. The van der Waals surface area contributed by atoms with Crippen molar-refractivity contribution in [2.24, 2.45) is 11.8 Å². The molecular formula is C8H11F2N3O. The van der Waals surface area contributed by atoms with Gasteiger partial charge in [-0.15, -0.1) is 5.10 Å². The van der Waals surface area contributed by atoms with Gasteiger partial charge in [0.1, 0.15) is 0 Å². The first-order valence-electron chi connectivity index (χ1n) is 4.52. The van der Waals surface area contributed by atoms with E-state index in [1.165, 1.54) is 6.42 Å². The lowest BCUT2D eigenvalue weighted by Gasteiger charge is -1.97. The molecule has 1 aliphatic carbocycles. The molecule has 0 radical (unpaired) electrons. The predicted octanol–water partition coefficient (Wildman–Crippen LogP) is 2.08. The van der Waals surface area contributed by atoms with Crippen LogP contribution < -0.4 is 5.32 Å². The van der Waals surface area contributed by atoms with Gasteiger partial charge in [0.05, 0.1) is 0 Å². The van der Waals surface area contributed by atoms with E-state index in [4.69, 9.17) is 0 Å². The Bertz CT molecular complexity index is 315. The van der Waals surface area contributed by atoms with Crippen molar-refractivity contribution in [2.75, 3.05) is 11.9 Å². The van der Waals surface area contributed by atoms with Crippen LogP contribution in [0.3, 0.4) is 0 Å². The fourth-order valence-corrected chi connectivity index (χ4v) is 1.30. The van der Waals surface area contributed by atoms with Crippen LogP contribution in [-0.2, 0) is 0 Å². The highest BCUT2D eigenvalue weighted by atomic mass is 19.3. The van der Waals surface area contributed by atoms with E-state index in [1.54, 1.807) is 0 Å². The van der Waals surface area contributed by atoms with Crippen LogP contribution in [0.1, 0.15) is 25.7 Å². The van der Waals surface area contributed by atoms with Crippen LogP contribution in [-0.4, -0.2) is 16.7 Å². The minimum absolute atomic E-state index is 0.0828. The van der Waals surface area contributed by atoms with Gasteiger partial charge in [-0.05, 0) is 18.3 Å². The van der Waals surface area contributed by atoms with E-state index in [1.807, 2.05) is 0 Å². The van der Waals surface area contributed by atoms with E-state index in [0.717, 1.165) is 0 Å². The Balaban J connectivity index is 1.84. The summed E-state index contributed by atoms with van der Waals surface area (Å²) >= 11 is 0. The van der Waals surface area contributed by atoms with E-state index in [9.17, 15) is 8.78 Å². The molecular weight excluding hydrogens is 192 g/mol. The summed E-state index contributed by atoms with van der Waals surface area (Å²) in [5.74, 6) is 0.688. The zero-order chi connectivity index (χ0) is 10.1. The lowest BCUT2D eigenvalue weighted by atomic mass is 10.3. The molecule has 0 amide bonds. The van der Waals surface area contributed by atoms with Crippen molar-refractivity contribution in [1.29, 1.82) is 0 Å². The maximum atomic E-state index is 12.0. The molecule has 1 aromatic rings. The number of aromatic nitrogens is 2. The summed E-state index contributed by atoms with van der Waals surface area (Å²) in [7, 11) is 0. The second kappa shape index (κ2) is 3.51. The Hall–Kier alpha value is -1.20. The number of alkyl halides is 2. The van der Waals surface area contributed by atoms with Gasteiger partial charge in [-0.1, -0.05) is 12.0 Å². The molecule has 14 heavy (non-hydrogen) atoms. The highest BCUT2D eigenvalue weighted by Gasteiger charge is 2.32. The van der Waals surface area contributed by atoms with Gasteiger partial charge in [0, 0.05) is 6.54 Å². The van der Waals surface area contributed by atoms with Crippen molar-refractivity contribution < 1.29 is 13.2 Å². The summed E-state index contributed by atoms with van der Waals surface area (Å²) in [6.07, 6.45) is -1.53. The van der Waals surface area contributed by atoms with Crippen LogP contribution in [0.5, 0.6) is 0 Å². The van der Waals surface area contributed by atoms with Crippen LogP contribution in [0.25, 0.3) is 0 Å². The molecule has 6 heteroatoms. The molecule has 1 saturated carbocycles. The molecule has 4 nitrogen and oxygen atoms in total. The fraction of sp³-hybridized carbons (Fsp3) is 0.750. The normalized spacial score (nSPS) is 25.4. The standard InChI is InChI=1S/C8H11F2N3O/c1-4-2-5(4)3-11-8-13-12-7(14-8)6(9)10/h4-6H,2-3H2,1H3,(H,11,13). The molecule has 2 atom stereocenters. The first-order chi connectivity index (χ1) is 6.66. The molecule has 0 spiro atoms. The number of halogens is 2. The van der Waals surface area contributed by atoms with E-state index >= 15 is 0 Å². The smallest absolute Gasteiger partial charge is 0.315 e. The van der Waals surface area contributed by atoms with E-state index in [-0.39, 0.29) is 6.01 Å². The maximum Gasteiger partial charge on any atom is 0.315 e. The molecule has 1 N–H and O–H groups in total. The topological polar surface area (TPSA) is 51.0 Å². The minimum atomic E-state index is -2.70. The molecule has 78 valence electrons. The molecule has 2 unspecified atom stereocenters. The highest BCUT2D eigenvalue weighted by Crippen LogP contribution is 2.37. The van der Waals surface area contributed by atoms with Crippen molar-refractivity contribution in [3.8, 4) is 0 Å². The Kier molecular flexibility index (Phi) is 2.35. The second-order valence-electron chi connectivity index (χ2n) is 3.60. The first kappa shape index (κ1) is 9.36. The molecule has 0 saturated heterocycles. The number of anilines is 1. The van der Waals surface area contributed by atoms with Crippen LogP contribution in [0.2, 0.25) is 0 Å². The zero-order valence-electron chi connectivity index (χ0n) is 7.70. The van der Waals surface area contributed by atoms with Gasteiger partial charge in [0.2, 0.25) is 0 Å². The van der Waals surface area contributed by atoms with Gasteiger partial charge in [-0.2, -0.15) is 8.78 Å². The quantitative estimate of drug-likeness (QED) is 0.813. The summed E-state index contributed by atoms with van der Waals surface area (Å²) in [4.78, 5) is 0. The average Bonchev–Trinajstić information content (AvgIpc) is 2.68. The monoisotopic (exact) mass is 203 g/mol. The Labute approximate surface area is 79.7 Å². The fourth-order valence-electron chi connectivity index (χ4n) is 1.30. The lowest BCUT2D eigenvalue weighted by molar-refractivity contribution is 0.116. The Morgan fingerprint density at radius 2 is 2.29 bits per heavy atom. The van der Waals surface area contributed by atoms with E-state index < -0.39 is 12.3 Å². The highest BCUT2D eigenvalue weighted by molar-refractivity contribution is 5.18. The van der Waals surface area contributed by atoms with Gasteiger partial charge in [0.25, 0.3) is 5.89 Å². The van der Waals surface area contributed by atoms with Gasteiger partial charge in [-0.25, -0.2) is 0 Å². The van der Waals surface area contributed by atoms with Gasteiger partial charge >= 0.3 is 12.4 Å². The van der Waals surface area contributed by atoms with Crippen molar-refractivity contribution >= 4 is 6.01 Å². The SMILES string of the molecule is CC1CC1CNc1nnc(C(F)F)o1. The molecule has 0 aromatic carbocycles. The minimum Gasteiger partial charge on any atom is -0.402 e. The largest absolute Gasteiger partial charge is 0.402 e. The predicted molar refractivity (Wildman–Crippen MR) is 45.0 cm³/mol. The van der Waals surface area contributed by atoms with E-state index in [0.29, 0.717) is 18.4 Å². The average molecular weight is 203 g/mol. The maximum absolute atomic E-state index is 12.0. The van der Waals surface area contributed by atoms with Crippen LogP contribution in [0.4, 0.5) is 14.8 Å². The summed E-state index contributed by atoms with van der Waals surface area (Å²) in [5.41, 5.74) is 0. The summed E-state index contributed by atoms with van der Waals surface area (Å²) in [5, 5.41) is 9.50. The molecule has 1 fully saturated rings. The number of rotatable bonds is 4.